The number of aromatic nitrogens is 4. The fourth-order valence-electron chi connectivity index (χ4n) is 2.04. The summed E-state index contributed by atoms with van der Waals surface area (Å²) < 4.78 is 27.3. The normalized spacial score (nSPS) is 11.0. The first-order chi connectivity index (χ1) is 12.1. The third-order valence-electron chi connectivity index (χ3n) is 3.13. The van der Waals surface area contributed by atoms with Gasteiger partial charge in [-0.1, -0.05) is 17.1 Å². The summed E-state index contributed by atoms with van der Waals surface area (Å²) in [4.78, 5) is 12.1. The van der Waals surface area contributed by atoms with Crippen molar-refractivity contribution in [1.82, 2.24) is 24.8 Å². The fraction of sp³-hybridized carbons (Fsp3) is 0.231. The summed E-state index contributed by atoms with van der Waals surface area (Å²) in [5.41, 5.74) is 0.558. The van der Waals surface area contributed by atoms with Crippen LogP contribution in [0.1, 0.15) is 0 Å². The van der Waals surface area contributed by atoms with Crippen LogP contribution in [0.2, 0.25) is 0 Å². The van der Waals surface area contributed by atoms with Gasteiger partial charge in [0.1, 0.15) is 5.82 Å². The van der Waals surface area contributed by atoms with Crippen molar-refractivity contribution in [2.45, 2.75) is 0 Å². The van der Waals surface area contributed by atoms with E-state index in [0.717, 1.165) is 4.57 Å². The lowest BCUT2D eigenvalue weighted by Crippen LogP contribution is -2.17. The molecule has 0 aliphatic rings. The van der Waals surface area contributed by atoms with Crippen LogP contribution in [0.25, 0.3) is 17.2 Å². The van der Waals surface area contributed by atoms with E-state index in [1.807, 2.05) is 6.26 Å². The Labute approximate surface area is 153 Å². The molecule has 0 unspecified atom stereocenters. The lowest BCUT2D eigenvalue weighted by atomic mass is 10.3. The minimum Gasteiger partial charge on any atom is -0.364 e. The third kappa shape index (κ3) is 3.75. The van der Waals surface area contributed by atoms with E-state index >= 15 is 0 Å². The number of nitrogens with one attached hydrogen (secondary N) is 2. The molecule has 25 heavy (non-hydrogen) atoms. The predicted molar refractivity (Wildman–Crippen MR) is 93.1 cm³/mol. The molecule has 0 saturated carbocycles. The maximum atomic E-state index is 13.5. The van der Waals surface area contributed by atoms with E-state index in [2.05, 4.69) is 41.4 Å². The largest absolute Gasteiger partial charge is 0.446 e. The van der Waals surface area contributed by atoms with Crippen LogP contribution in [-0.4, -0.2) is 39.4 Å². The summed E-state index contributed by atoms with van der Waals surface area (Å²) in [7, 11) is 0. The van der Waals surface area contributed by atoms with Gasteiger partial charge < -0.3 is 5.32 Å². The second-order valence-electron chi connectivity index (χ2n) is 4.69. The average Bonchev–Trinajstić information content (AvgIpc) is 3.20. The van der Waals surface area contributed by atoms with Crippen molar-refractivity contribution >= 4 is 33.7 Å². The molecule has 9 nitrogen and oxygen atoms in total. The molecule has 0 saturated heterocycles. The van der Waals surface area contributed by atoms with Crippen molar-refractivity contribution in [3.63, 3.8) is 0 Å². The van der Waals surface area contributed by atoms with Crippen LogP contribution < -0.4 is 15.8 Å². The molecule has 0 aliphatic carbocycles. The van der Waals surface area contributed by atoms with E-state index in [-0.39, 0.29) is 16.0 Å². The summed E-state index contributed by atoms with van der Waals surface area (Å²) in [6.07, 6.45) is 1.91. The highest BCUT2D eigenvalue weighted by molar-refractivity contribution is 9.10. The van der Waals surface area contributed by atoms with Gasteiger partial charge >= 0.3 is 5.76 Å². The molecule has 1 aromatic carbocycles. The average molecular weight is 431 g/mol. The molecule has 132 valence electrons. The molecule has 0 aliphatic heterocycles. The van der Waals surface area contributed by atoms with Gasteiger partial charge in [-0.2, -0.15) is 0 Å². The highest BCUT2D eigenvalue weighted by Gasteiger charge is 2.22. The second kappa shape index (κ2) is 7.80. The van der Waals surface area contributed by atoms with Gasteiger partial charge in [0.25, 0.3) is 0 Å². The Morgan fingerprint density at radius 2 is 2.16 bits per heavy atom. The first-order valence-electron chi connectivity index (χ1n) is 6.98. The number of halogens is 2. The first-order valence-corrected chi connectivity index (χ1v) is 9.00. The zero-order chi connectivity index (χ0) is 17.8. The van der Waals surface area contributed by atoms with Crippen LogP contribution in [-0.2, 0) is 0 Å². The Hall–Kier alpha value is -2.18. The highest BCUT2D eigenvalue weighted by atomic mass is 79.9. The van der Waals surface area contributed by atoms with Crippen LogP contribution >= 0.6 is 27.9 Å². The molecule has 2 N–H and O–H groups in total. The number of rotatable bonds is 7. The van der Waals surface area contributed by atoms with Gasteiger partial charge in [0, 0.05) is 13.1 Å². The Morgan fingerprint density at radius 3 is 2.92 bits per heavy atom. The van der Waals surface area contributed by atoms with Crippen LogP contribution in [0.15, 0.2) is 36.6 Å². The quantitative estimate of drug-likeness (QED) is 0.429. The van der Waals surface area contributed by atoms with Gasteiger partial charge in [-0.05, 0) is 50.7 Å². The molecule has 0 fully saturated rings. The molecule has 2 heterocycles. The molecule has 3 aromatic rings. The number of nitrogens with zero attached hydrogens (tertiary/aromatic N) is 4. The van der Waals surface area contributed by atoms with Crippen molar-refractivity contribution in [3.8, 4) is 17.2 Å². The molecule has 3 rings (SSSR count). The summed E-state index contributed by atoms with van der Waals surface area (Å²) >= 11 is 4.57. The highest BCUT2D eigenvalue weighted by Crippen LogP contribution is 2.25. The van der Waals surface area contributed by atoms with E-state index in [0.29, 0.717) is 24.6 Å². The third-order valence-corrected chi connectivity index (χ3v) is 4.23. The van der Waals surface area contributed by atoms with E-state index < -0.39 is 11.6 Å². The van der Waals surface area contributed by atoms with Crippen molar-refractivity contribution in [2.75, 3.05) is 24.7 Å². The van der Waals surface area contributed by atoms with Crippen LogP contribution in [0.3, 0.4) is 0 Å². The molecule has 12 heteroatoms. The lowest BCUT2D eigenvalue weighted by Gasteiger charge is -2.06. The number of hydrogen-bond acceptors (Lipinski definition) is 9. The second-order valence-corrected chi connectivity index (χ2v) is 6.24. The summed E-state index contributed by atoms with van der Waals surface area (Å²) in [6.45, 7) is 1.22. The Kier molecular flexibility index (Phi) is 5.50. The van der Waals surface area contributed by atoms with Crippen LogP contribution in [0.5, 0.6) is 0 Å². The Balaban J connectivity index is 1.96. The zero-order valence-corrected chi connectivity index (χ0v) is 15.2. The van der Waals surface area contributed by atoms with Gasteiger partial charge in [-0.3, -0.25) is 9.25 Å². The molecule has 0 atom stereocenters. The number of hydrogen-bond donors (Lipinski definition) is 2. The maximum absolute atomic E-state index is 13.5. The molecule has 0 spiro atoms. The molecule has 0 amide bonds. The van der Waals surface area contributed by atoms with E-state index in [9.17, 15) is 9.18 Å². The van der Waals surface area contributed by atoms with Gasteiger partial charge in [-0.25, -0.2) is 18.4 Å². The first kappa shape index (κ1) is 17.6. The number of anilines is 1. The standard InChI is InChI=1S/C13H12BrFN6O3S/c1-25-17-5-4-16-11-10(18-24-19-11)12-20-23-13(22)21(12)7-2-3-9(15)8(14)6-7/h2-3,6,17H,4-5H2,1H3,(H,16,19). The minimum atomic E-state index is -0.744. The smallest absolute Gasteiger partial charge is 0.364 e. The Bertz CT molecular complexity index is 927. The van der Waals surface area contributed by atoms with E-state index in [4.69, 9.17) is 9.15 Å². The van der Waals surface area contributed by atoms with E-state index in [1.54, 1.807) is 0 Å². The van der Waals surface area contributed by atoms with Gasteiger partial charge in [0.15, 0.2) is 5.69 Å². The molecule has 0 radical (unpaired) electrons. The van der Waals surface area contributed by atoms with Crippen molar-refractivity contribution in [1.29, 1.82) is 0 Å². The molecule has 2 aromatic heterocycles. The van der Waals surface area contributed by atoms with E-state index in [1.165, 1.54) is 30.1 Å². The topological polar surface area (TPSA) is 111 Å². The Morgan fingerprint density at radius 1 is 1.32 bits per heavy atom. The fourth-order valence-corrected chi connectivity index (χ4v) is 2.71. The molecular weight excluding hydrogens is 419 g/mol. The summed E-state index contributed by atoms with van der Waals surface area (Å²) in [6, 6.07) is 4.07. The number of benzene rings is 1. The predicted octanol–water partition coefficient (Wildman–Crippen LogP) is 2.06. The van der Waals surface area contributed by atoms with Gasteiger partial charge in [0.2, 0.25) is 11.6 Å². The molecule has 0 bridgehead atoms. The van der Waals surface area contributed by atoms with Crippen molar-refractivity contribution in [2.24, 2.45) is 0 Å². The van der Waals surface area contributed by atoms with Gasteiger partial charge in [0.05, 0.1) is 10.2 Å². The molecular formula is C13H12BrFN6O3S. The van der Waals surface area contributed by atoms with Crippen molar-refractivity contribution in [3.05, 3.63) is 39.0 Å². The van der Waals surface area contributed by atoms with Crippen molar-refractivity contribution < 1.29 is 13.5 Å². The zero-order valence-electron chi connectivity index (χ0n) is 12.8. The lowest BCUT2D eigenvalue weighted by molar-refractivity contribution is 0.309. The monoisotopic (exact) mass is 430 g/mol. The van der Waals surface area contributed by atoms with Gasteiger partial charge in [-0.15, -0.1) is 0 Å². The SMILES string of the molecule is CSNCCNc1nonc1-c1noc(=O)n1-c1ccc(F)c(Br)c1. The van der Waals surface area contributed by atoms with Crippen LogP contribution in [0, 0.1) is 5.82 Å². The van der Waals surface area contributed by atoms with Crippen LogP contribution in [0.4, 0.5) is 10.2 Å². The minimum absolute atomic E-state index is 0.0880. The summed E-state index contributed by atoms with van der Waals surface area (Å²) in [5.74, 6) is -0.802. The summed E-state index contributed by atoms with van der Waals surface area (Å²) in [5, 5.41) is 14.3. The maximum Gasteiger partial charge on any atom is 0.446 e.